The summed E-state index contributed by atoms with van der Waals surface area (Å²) in [5.74, 6) is -0.511. The number of hydrogen-bond donors (Lipinski definition) is 4. The fourth-order valence-corrected chi connectivity index (χ4v) is 10.2. The number of carbonyl (C=O) groups is 5. The average Bonchev–Trinajstić information content (AvgIpc) is 4.04. The lowest BCUT2D eigenvalue weighted by molar-refractivity contribution is -0.136. The van der Waals surface area contributed by atoms with Crippen molar-refractivity contribution >= 4 is 63.7 Å². The summed E-state index contributed by atoms with van der Waals surface area (Å²) in [6.45, 7) is 4.23. The van der Waals surface area contributed by atoms with Gasteiger partial charge in [-0.15, -0.1) is 0 Å². The van der Waals surface area contributed by atoms with Gasteiger partial charge in [-0.05, 0) is 76.1 Å². The largest absolute Gasteiger partial charge is 0.384 e. The van der Waals surface area contributed by atoms with Gasteiger partial charge < -0.3 is 35.1 Å². The lowest BCUT2D eigenvalue weighted by Gasteiger charge is -2.33. The van der Waals surface area contributed by atoms with Crippen LogP contribution in [0.4, 0.5) is 27.7 Å². The second-order valence-corrected chi connectivity index (χ2v) is 18.0. The van der Waals surface area contributed by atoms with Gasteiger partial charge in [0, 0.05) is 87.5 Å². The normalized spacial score (nSPS) is 22.2. The van der Waals surface area contributed by atoms with Crippen molar-refractivity contribution in [3.8, 4) is 0 Å². The van der Waals surface area contributed by atoms with Gasteiger partial charge in [0.25, 0.3) is 17.7 Å². The maximum atomic E-state index is 14.6. The van der Waals surface area contributed by atoms with Crippen LogP contribution in [0, 0.1) is 0 Å². The Morgan fingerprint density at radius 1 is 0.923 bits per heavy atom. The third kappa shape index (κ3) is 9.55. The molecule has 1 saturated carbocycles. The first-order valence-corrected chi connectivity index (χ1v) is 23.3. The summed E-state index contributed by atoms with van der Waals surface area (Å²) in [7, 11) is 1.54. The molecule has 3 aromatic heterocycles. The number of anilines is 4. The number of nitrogens with one attached hydrogen (secondary N) is 4. The Kier molecular flexibility index (Phi) is 13.3. The van der Waals surface area contributed by atoms with Crippen LogP contribution < -0.4 is 26.2 Å². The van der Waals surface area contributed by atoms with Crippen LogP contribution in [0.25, 0.3) is 10.9 Å². The summed E-state index contributed by atoms with van der Waals surface area (Å²) < 4.78 is 22.2. The number of nitrogens with zero attached hydrogens (tertiary/aromatic N) is 7. The molecule has 4 aromatic rings. The van der Waals surface area contributed by atoms with Crippen LogP contribution in [0.5, 0.6) is 0 Å². The van der Waals surface area contributed by atoms with E-state index in [2.05, 4.69) is 40.7 Å². The molecule has 65 heavy (non-hydrogen) atoms. The van der Waals surface area contributed by atoms with Crippen molar-refractivity contribution in [2.75, 3.05) is 61.9 Å². The number of imide groups is 2. The average molecular weight is 892 g/mol. The van der Waals surface area contributed by atoms with Crippen molar-refractivity contribution in [3.05, 3.63) is 65.6 Å². The van der Waals surface area contributed by atoms with Crippen LogP contribution in [-0.2, 0) is 14.3 Å². The van der Waals surface area contributed by atoms with Gasteiger partial charge in [0.2, 0.25) is 17.8 Å². The molecule has 3 atom stereocenters. The predicted molar refractivity (Wildman–Crippen MR) is 242 cm³/mol. The topological polar surface area (TPSA) is 196 Å². The number of unbranched alkanes of at least 4 members (excludes halogenated alkanes) is 3. The number of fused-ring (bicyclic) bond motifs is 2. The highest BCUT2D eigenvalue weighted by molar-refractivity contribution is 6.25. The SMILES string of the molecule is CO[C@H]1CCN(c2nccc(Nc3cc4c(cn3)c(C(=O)NC3CCN(CCCCCCNc5cccc6c5C(=O)N(C5CCC(=O)NC5=O)C6=O)CC3)cn4C3CCCC3)n2)C[C@H]1F. The van der Waals surface area contributed by atoms with Gasteiger partial charge in [-0.2, -0.15) is 4.98 Å². The Hall–Kier alpha value is -6.01. The fraction of sp³-hybridized carbons (Fsp3) is 0.532. The summed E-state index contributed by atoms with van der Waals surface area (Å²) in [5.41, 5.74) is 2.72. The Morgan fingerprint density at radius 3 is 2.52 bits per heavy atom. The highest BCUT2D eigenvalue weighted by Gasteiger charge is 2.45. The van der Waals surface area contributed by atoms with E-state index in [-0.39, 0.29) is 42.5 Å². The van der Waals surface area contributed by atoms with Crippen LogP contribution in [0.15, 0.2) is 48.9 Å². The third-order valence-electron chi connectivity index (χ3n) is 13.8. The Labute approximate surface area is 377 Å². The minimum Gasteiger partial charge on any atom is -0.384 e. The number of carbonyl (C=O) groups excluding carboxylic acids is 5. The lowest BCUT2D eigenvalue weighted by Crippen LogP contribution is -2.54. The van der Waals surface area contributed by atoms with Crippen molar-refractivity contribution < 1.29 is 33.1 Å². The quantitative estimate of drug-likeness (QED) is 0.0813. The van der Waals surface area contributed by atoms with Gasteiger partial charge in [0.15, 0.2) is 0 Å². The molecule has 0 spiro atoms. The monoisotopic (exact) mass is 891 g/mol. The lowest BCUT2D eigenvalue weighted by atomic mass is 10.0. The van der Waals surface area contributed by atoms with Crippen LogP contribution in [0.3, 0.4) is 0 Å². The summed E-state index contributed by atoms with van der Waals surface area (Å²) >= 11 is 0. The summed E-state index contributed by atoms with van der Waals surface area (Å²) in [6.07, 6.45) is 14.9. The molecular formula is C47H58FN11O6. The zero-order valence-electron chi connectivity index (χ0n) is 36.9. The predicted octanol–water partition coefficient (Wildman–Crippen LogP) is 5.52. The second kappa shape index (κ2) is 19.6. The van der Waals surface area contributed by atoms with Gasteiger partial charge in [-0.25, -0.2) is 14.4 Å². The minimum atomic E-state index is -1.12. The molecule has 5 aliphatic rings. The molecule has 0 bridgehead atoms. The number of halogens is 1. The first-order chi connectivity index (χ1) is 31.6. The maximum Gasteiger partial charge on any atom is 0.264 e. The van der Waals surface area contributed by atoms with Crippen LogP contribution in [0.1, 0.15) is 121 Å². The van der Waals surface area contributed by atoms with Crippen molar-refractivity contribution in [1.82, 2.24) is 40.0 Å². The zero-order chi connectivity index (χ0) is 45.0. The van der Waals surface area contributed by atoms with E-state index in [0.717, 1.165) is 99.6 Å². The van der Waals surface area contributed by atoms with E-state index in [1.54, 1.807) is 36.7 Å². The number of aromatic nitrogens is 4. The van der Waals surface area contributed by atoms with Gasteiger partial charge >= 0.3 is 0 Å². The van der Waals surface area contributed by atoms with Gasteiger partial charge in [-0.1, -0.05) is 31.7 Å². The molecule has 7 heterocycles. The second-order valence-electron chi connectivity index (χ2n) is 18.0. The van der Waals surface area contributed by atoms with Crippen LogP contribution in [-0.4, -0.2) is 130 Å². The molecule has 3 saturated heterocycles. The molecule has 4 N–H and O–H groups in total. The van der Waals surface area contributed by atoms with Gasteiger partial charge in [0.1, 0.15) is 23.8 Å². The van der Waals surface area contributed by atoms with E-state index >= 15 is 0 Å². The number of rotatable bonds is 16. The van der Waals surface area contributed by atoms with E-state index in [1.165, 1.54) is 7.11 Å². The summed E-state index contributed by atoms with van der Waals surface area (Å²) in [6, 6.07) is 8.27. The Balaban J connectivity index is 0.730. The molecule has 9 rings (SSSR count). The molecule has 5 amide bonds. The molecule has 344 valence electrons. The van der Waals surface area contributed by atoms with E-state index in [1.807, 2.05) is 17.2 Å². The molecule has 4 aliphatic heterocycles. The first-order valence-electron chi connectivity index (χ1n) is 23.3. The van der Waals surface area contributed by atoms with Crippen LogP contribution >= 0.6 is 0 Å². The smallest absolute Gasteiger partial charge is 0.264 e. The zero-order valence-corrected chi connectivity index (χ0v) is 36.9. The highest BCUT2D eigenvalue weighted by Crippen LogP contribution is 2.36. The third-order valence-corrected chi connectivity index (χ3v) is 13.8. The number of hydrogen-bond acceptors (Lipinski definition) is 13. The fourth-order valence-electron chi connectivity index (χ4n) is 10.2. The number of benzene rings is 1. The number of piperidine rings is 3. The van der Waals surface area contributed by atoms with Crippen molar-refractivity contribution in [2.45, 2.75) is 114 Å². The molecule has 0 radical (unpaired) electrons. The molecule has 1 aliphatic carbocycles. The number of alkyl halides is 1. The van der Waals surface area contributed by atoms with Crippen molar-refractivity contribution in [2.24, 2.45) is 0 Å². The van der Waals surface area contributed by atoms with Crippen molar-refractivity contribution in [3.63, 3.8) is 0 Å². The number of pyridine rings is 1. The number of ether oxygens (including phenoxy) is 1. The molecule has 18 heteroatoms. The number of amides is 5. The highest BCUT2D eigenvalue weighted by atomic mass is 19.1. The van der Waals surface area contributed by atoms with Crippen LogP contribution in [0.2, 0.25) is 0 Å². The molecule has 4 fully saturated rings. The number of likely N-dealkylation sites (tertiary alicyclic amines) is 1. The standard InChI is InChI=1S/C47H58FN11O6/c1-65-38-18-24-57(28-34(38)48)47-50-20-15-39(54-47)53-40-25-37-32(26-51-40)33(27-58(37)30-9-4-5-10-30)43(61)52-29-16-22-56(23-17-29)21-7-3-2-6-19-49-35-12-8-11-31-42(35)46(64)59(45(31)63)36-13-14-41(60)55-44(36)62/h8,11-12,15,20,25-27,29-30,34,36,38,49H,2-7,9-10,13-14,16-19,21-24,28H2,1H3,(H,52,61)(H,55,60,62)(H,50,51,53,54)/t34-,36?,38+/m1/s1. The Morgan fingerprint density at radius 2 is 1.74 bits per heavy atom. The van der Waals surface area contributed by atoms with Crippen molar-refractivity contribution in [1.29, 1.82) is 0 Å². The molecule has 1 aromatic carbocycles. The molecule has 17 nitrogen and oxygen atoms in total. The van der Waals surface area contributed by atoms with Gasteiger partial charge in [0.05, 0.1) is 34.9 Å². The molecule has 1 unspecified atom stereocenters. The van der Waals surface area contributed by atoms with Gasteiger partial charge in [-0.3, -0.25) is 34.2 Å². The molecular weight excluding hydrogens is 834 g/mol. The maximum absolute atomic E-state index is 14.6. The minimum absolute atomic E-state index is 0.0757. The Bertz CT molecular complexity index is 2430. The van der Waals surface area contributed by atoms with E-state index in [9.17, 15) is 28.4 Å². The first kappa shape index (κ1) is 44.2. The number of methoxy groups -OCH3 is 1. The van der Waals surface area contributed by atoms with E-state index < -0.39 is 41.9 Å². The van der Waals surface area contributed by atoms with E-state index in [0.29, 0.717) is 54.4 Å². The van der Waals surface area contributed by atoms with E-state index in [4.69, 9.17) is 9.72 Å². The summed E-state index contributed by atoms with van der Waals surface area (Å²) in [5, 5.41) is 13.1. The summed E-state index contributed by atoms with van der Waals surface area (Å²) in [4.78, 5) is 83.7.